The number of esters is 2. The summed E-state index contributed by atoms with van der Waals surface area (Å²) in [5, 5.41) is 0. The molecule has 0 N–H and O–H groups in total. The molecular formula is C32H43N3O5. The van der Waals surface area contributed by atoms with Gasteiger partial charge in [-0.1, -0.05) is 59.7 Å². The normalized spacial score (nSPS) is 16.1. The second-order valence-electron chi connectivity index (χ2n) is 12.0. The Kier molecular flexibility index (Phi) is 9.31. The molecular weight excluding hydrogens is 506 g/mol. The SMILES string of the molecule is CC(C)C(=O)Oc1cc(OC(=O)C(C)C)c(C(C)C)cc1C(=O)N1Cc2ccc(CN3CCN(C)CC3)cc2C1. The molecule has 2 aromatic carbocycles. The van der Waals surface area contributed by atoms with Gasteiger partial charge in [0.15, 0.2) is 0 Å². The van der Waals surface area contributed by atoms with Crippen LogP contribution in [-0.2, 0) is 29.2 Å². The van der Waals surface area contributed by atoms with Crippen molar-refractivity contribution in [2.45, 2.75) is 67.1 Å². The third kappa shape index (κ3) is 6.91. The molecule has 0 aliphatic carbocycles. The van der Waals surface area contributed by atoms with Crippen LogP contribution in [0.4, 0.5) is 0 Å². The van der Waals surface area contributed by atoms with Gasteiger partial charge in [-0.05, 0) is 41.3 Å². The number of piperazine rings is 1. The van der Waals surface area contributed by atoms with Crippen molar-refractivity contribution < 1.29 is 23.9 Å². The van der Waals surface area contributed by atoms with Crippen LogP contribution in [0.2, 0.25) is 0 Å². The monoisotopic (exact) mass is 549 g/mol. The fourth-order valence-electron chi connectivity index (χ4n) is 4.95. The zero-order chi connectivity index (χ0) is 29.1. The van der Waals surface area contributed by atoms with Crippen LogP contribution in [0.3, 0.4) is 0 Å². The van der Waals surface area contributed by atoms with Gasteiger partial charge in [0.1, 0.15) is 11.5 Å². The van der Waals surface area contributed by atoms with E-state index in [9.17, 15) is 14.4 Å². The molecule has 0 spiro atoms. The van der Waals surface area contributed by atoms with Crippen molar-refractivity contribution >= 4 is 17.8 Å². The number of benzene rings is 2. The summed E-state index contributed by atoms with van der Waals surface area (Å²) in [6.07, 6.45) is 0. The lowest BCUT2D eigenvalue weighted by Crippen LogP contribution is -2.43. The van der Waals surface area contributed by atoms with Crippen molar-refractivity contribution in [3.8, 4) is 11.5 Å². The van der Waals surface area contributed by atoms with E-state index in [-0.39, 0.29) is 35.4 Å². The molecule has 2 heterocycles. The first kappa shape index (κ1) is 29.7. The van der Waals surface area contributed by atoms with Crippen LogP contribution in [0.1, 0.15) is 80.1 Å². The van der Waals surface area contributed by atoms with E-state index < -0.39 is 5.97 Å². The quantitative estimate of drug-likeness (QED) is 0.345. The number of fused-ring (bicyclic) bond motifs is 1. The molecule has 8 heteroatoms. The first-order valence-corrected chi connectivity index (χ1v) is 14.3. The van der Waals surface area contributed by atoms with E-state index in [0.717, 1.165) is 43.9 Å². The molecule has 0 radical (unpaired) electrons. The topological polar surface area (TPSA) is 79.4 Å². The van der Waals surface area contributed by atoms with E-state index in [1.165, 1.54) is 11.6 Å². The van der Waals surface area contributed by atoms with Crippen LogP contribution in [0.5, 0.6) is 11.5 Å². The van der Waals surface area contributed by atoms with Crippen molar-refractivity contribution in [3.63, 3.8) is 0 Å². The molecule has 0 saturated carbocycles. The molecule has 1 amide bonds. The van der Waals surface area contributed by atoms with Crippen molar-refractivity contribution in [1.29, 1.82) is 0 Å². The highest BCUT2D eigenvalue weighted by Gasteiger charge is 2.30. The van der Waals surface area contributed by atoms with E-state index in [1.807, 2.05) is 13.8 Å². The second-order valence-corrected chi connectivity index (χ2v) is 12.0. The van der Waals surface area contributed by atoms with Crippen LogP contribution in [-0.4, -0.2) is 65.8 Å². The largest absolute Gasteiger partial charge is 0.426 e. The summed E-state index contributed by atoms with van der Waals surface area (Å²) in [6.45, 7) is 17.1. The zero-order valence-corrected chi connectivity index (χ0v) is 25.0. The molecule has 2 aliphatic heterocycles. The van der Waals surface area contributed by atoms with Crippen molar-refractivity contribution in [2.24, 2.45) is 11.8 Å². The first-order chi connectivity index (χ1) is 18.9. The number of rotatable bonds is 8. The molecule has 40 heavy (non-hydrogen) atoms. The number of amides is 1. The summed E-state index contributed by atoms with van der Waals surface area (Å²) < 4.78 is 11.4. The van der Waals surface area contributed by atoms with E-state index in [2.05, 4.69) is 35.0 Å². The predicted octanol–water partition coefficient (Wildman–Crippen LogP) is 4.84. The van der Waals surface area contributed by atoms with Gasteiger partial charge < -0.3 is 19.3 Å². The second kappa shape index (κ2) is 12.5. The Hall–Kier alpha value is -3.23. The van der Waals surface area contributed by atoms with Gasteiger partial charge in [-0.25, -0.2) is 0 Å². The molecule has 2 aromatic rings. The summed E-state index contributed by atoms with van der Waals surface area (Å²) >= 11 is 0. The van der Waals surface area contributed by atoms with Gasteiger partial charge >= 0.3 is 11.9 Å². The number of carbonyl (C=O) groups is 3. The minimum Gasteiger partial charge on any atom is -0.426 e. The van der Waals surface area contributed by atoms with Gasteiger partial charge in [0.25, 0.3) is 5.91 Å². The van der Waals surface area contributed by atoms with Crippen LogP contribution in [0.25, 0.3) is 0 Å². The highest BCUT2D eigenvalue weighted by Crippen LogP contribution is 2.37. The van der Waals surface area contributed by atoms with Gasteiger partial charge in [-0.15, -0.1) is 0 Å². The zero-order valence-electron chi connectivity index (χ0n) is 25.0. The van der Waals surface area contributed by atoms with E-state index in [0.29, 0.717) is 30.0 Å². The molecule has 0 atom stereocenters. The van der Waals surface area contributed by atoms with Crippen molar-refractivity contribution in [3.05, 3.63) is 58.1 Å². The Balaban J connectivity index is 1.60. The van der Waals surface area contributed by atoms with E-state index in [1.54, 1.807) is 38.7 Å². The van der Waals surface area contributed by atoms with Gasteiger partial charge in [0.05, 0.1) is 17.4 Å². The highest BCUT2D eigenvalue weighted by molar-refractivity contribution is 5.98. The summed E-state index contributed by atoms with van der Waals surface area (Å²) in [6, 6.07) is 9.76. The van der Waals surface area contributed by atoms with Crippen LogP contribution in [0.15, 0.2) is 30.3 Å². The van der Waals surface area contributed by atoms with Crippen LogP contribution < -0.4 is 9.47 Å². The number of nitrogens with zero attached hydrogens (tertiary/aromatic N) is 3. The Morgan fingerprint density at radius 1 is 0.775 bits per heavy atom. The highest BCUT2D eigenvalue weighted by atomic mass is 16.5. The lowest BCUT2D eigenvalue weighted by Gasteiger charge is -2.32. The van der Waals surface area contributed by atoms with Gasteiger partial charge in [-0.2, -0.15) is 0 Å². The predicted molar refractivity (Wildman–Crippen MR) is 154 cm³/mol. The molecule has 0 aromatic heterocycles. The summed E-state index contributed by atoms with van der Waals surface area (Å²) in [4.78, 5) is 45.6. The number of hydrogen-bond donors (Lipinski definition) is 0. The summed E-state index contributed by atoms with van der Waals surface area (Å²) in [5.41, 5.74) is 4.54. The van der Waals surface area contributed by atoms with Crippen LogP contribution >= 0.6 is 0 Å². The molecule has 0 unspecified atom stereocenters. The lowest BCUT2D eigenvalue weighted by molar-refractivity contribution is -0.138. The average Bonchev–Trinajstić information content (AvgIpc) is 3.33. The van der Waals surface area contributed by atoms with Gasteiger partial charge in [0, 0.05) is 51.9 Å². The lowest BCUT2D eigenvalue weighted by atomic mass is 9.98. The number of ether oxygens (including phenoxy) is 2. The van der Waals surface area contributed by atoms with E-state index >= 15 is 0 Å². The number of carbonyl (C=O) groups excluding carboxylic acids is 3. The maximum Gasteiger partial charge on any atom is 0.313 e. The average molecular weight is 550 g/mol. The molecule has 1 fully saturated rings. The Morgan fingerprint density at radius 3 is 1.98 bits per heavy atom. The minimum atomic E-state index is -0.453. The molecule has 4 rings (SSSR count). The van der Waals surface area contributed by atoms with Gasteiger partial charge in [-0.3, -0.25) is 19.3 Å². The van der Waals surface area contributed by atoms with E-state index in [4.69, 9.17) is 9.47 Å². The molecule has 0 bridgehead atoms. The maximum absolute atomic E-state index is 14.0. The minimum absolute atomic E-state index is 0.0238. The molecule has 1 saturated heterocycles. The summed E-state index contributed by atoms with van der Waals surface area (Å²) in [7, 11) is 2.16. The number of likely N-dealkylation sites (N-methyl/N-ethyl adjacent to an activating group) is 1. The van der Waals surface area contributed by atoms with Crippen molar-refractivity contribution in [2.75, 3.05) is 33.2 Å². The Bertz CT molecular complexity index is 1260. The maximum atomic E-state index is 14.0. The molecule has 8 nitrogen and oxygen atoms in total. The third-order valence-electron chi connectivity index (χ3n) is 7.61. The Labute approximate surface area is 238 Å². The Morgan fingerprint density at radius 2 is 1.38 bits per heavy atom. The fourth-order valence-corrected chi connectivity index (χ4v) is 4.95. The third-order valence-corrected chi connectivity index (χ3v) is 7.61. The number of hydrogen-bond acceptors (Lipinski definition) is 7. The summed E-state index contributed by atoms with van der Waals surface area (Å²) in [5.74, 6) is -1.36. The first-order valence-electron chi connectivity index (χ1n) is 14.3. The smallest absolute Gasteiger partial charge is 0.313 e. The standard InChI is InChI=1S/C32H43N3O5/c1-20(2)26-15-27(29(40-32(38)22(5)6)16-28(26)39-31(37)21(3)4)30(36)35-18-24-9-8-23(14-25(24)19-35)17-34-12-10-33(7)11-13-34/h8-9,14-16,20-22H,10-13,17-19H2,1-7H3. The molecule has 216 valence electrons. The van der Waals surface area contributed by atoms with Crippen LogP contribution in [0, 0.1) is 11.8 Å². The van der Waals surface area contributed by atoms with Crippen molar-refractivity contribution in [1.82, 2.24) is 14.7 Å². The fraction of sp³-hybridized carbons (Fsp3) is 0.531. The molecule has 2 aliphatic rings. The van der Waals surface area contributed by atoms with Gasteiger partial charge in [0.2, 0.25) is 0 Å².